The maximum Gasteiger partial charge on any atom is 0.124 e. The minimum absolute atomic E-state index is 0.168. The molecule has 0 saturated heterocycles. The lowest BCUT2D eigenvalue weighted by Gasteiger charge is -2.04. The van der Waals surface area contributed by atoms with E-state index in [9.17, 15) is 5.11 Å². The summed E-state index contributed by atoms with van der Waals surface area (Å²) in [4.78, 5) is 4.32. The number of phenolic OH excluding ortho intramolecular Hbond substituents is 1. The summed E-state index contributed by atoms with van der Waals surface area (Å²) in [5.74, 6) is 1.01. The van der Waals surface area contributed by atoms with Crippen molar-refractivity contribution in [1.29, 1.82) is 0 Å². The van der Waals surface area contributed by atoms with E-state index < -0.39 is 0 Å². The third-order valence-corrected chi connectivity index (χ3v) is 2.94. The summed E-state index contributed by atoms with van der Waals surface area (Å²) < 4.78 is 5.44. The average molecular weight is 290 g/mol. The predicted molar refractivity (Wildman–Crippen MR) is 82.0 cm³/mol. The summed E-state index contributed by atoms with van der Waals surface area (Å²) in [6.07, 6.45) is 1.62. The zero-order chi connectivity index (χ0) is 14.4. The minimum atomic E-state index is 0.168. The highest BCUT2D eigenvalue weighted by Gasteiger charge is 1.99. The highest BCUT2D eigenvalue weighted by molar-refractivity contribution is 6.30. The lowest BCUT2D eigenvalue weighted by molar-refractivity contribution is 0.340. The van der Waals surface area contributed by atoms with Crippen molar-refractivity contribution in [1.82, 2.24) is 0 Å². The van der Waals surface area contributed by atoms with Gasteiger partial charge in [0.15, 0.2) is 0 Å². The fraction of sp³-hybridized carbons (Fsp3) is 0.188. The highest BCUT2D eigenvalue weighted by atomic mass is 35.5. The van der Waals surface area contributed by atoms with Crippen LogP contribution in [0.4, 0.5) is 0 Å². The van der Waals surface area contributed by atoms with Crippen molar-refractivity contribution >= 4 is 17.8 Å². The molecule has 0 aliphatic heterocycles. The molecule has 0 aromatic heterocycles. The van der Waals surface area contributed by atoms with Crippen molar-refractivity contribution in [3.8, 4) is 11.5 Å². The SMILES string of the molecule is CCOc1cccc(CN=Cc2cc(Cl)ccc2O)c1. The first-order valence-electron chi connectivity index (χ1n) is 6.39. The molecule has 1 N–H and O–H groups in total. The van der Waals surface area contributed by atoms with Crippen LogP contribution in [0.5, 0.6) is 11.5 Å². The molecule has 2 rings (SSSR count). The minimum Gasteiger partial charge on any atom is -0.507 e. The predicted octanol–water partition coefficient (Wildman–Crippen LogP) is 4.06. The topological polar surface area (TPSA) is 41.8 Å². The third kappa shape index (κ3) is 4.00. The largest absolute Gasteiger partial charge is 0.507 e. The number of aliphatic imine (C=N–C) groups is 1. The first kappa shape index (κ1) is 14.4. The third-order valence-electron chi connectivity index (χ3n) is 2.70. The summed E-state index contributed by atoms with van der Waals surface area (Å²) in [6, 6.07) is 12.7. The Morgan fingerprint density at radius 3 is 2.90 bits per heavy atom. The van der Waals surface area contributed by atoms with Gasteiger partial charge in [-0.25, -0.2) is 0 Å². The second kappa shape index (κ2) is 6.96. The Kier molecular flexibility index (Phi) is 5.02. The van der Waals surface area contributed by atoms with E-state index in [-0.39, 0.29) is 5.75 Å². The first-order chi connectivity index (χ1) is 9.69. The summed E-state index contributed by atoms with van der Waals surface area (Å²) in [6.45, 7) is 3.11. The molecule has 0 aliphatic carbocycles. The van der Waals surface area contributed by atoms with Gasteiger partial charge >= 0.3 is 0 Å². The van der Waals surface area contributed by atoms with Gasteiger partial charge in [-0.1, -0.05) is 23.7 Å². The molecule has 4 heteroatoms. The van der Waals surface area contributed by atoms with Crippen molar-refractivity contribution in [3.63, 3.8) is 0 Å². The van der Waals surface area contributed by atoms with Crippen LogP contribution in [0.1, 0.15) is 18.1 Å². The molecule has 0 spiro atoms. The maximum absolute atomic E-state index is 9.68. The molecule has 0 atom stereocenters. The number of nitrogens with zero attached hydrogens (tertiary/aromatic N) is 1. The van der Waals surface area contributed by atoms with Crippen molar-refractivity contribution in [2.75, 3.05) is 6.61 Å². The first-order valence-corrected chi connectivity index (χ1v) is 6.77. The van der Waals surface area contributed by atoms with Gasteiger partial charge in [0, 0.05) is 16.8 Å². The van der Waals surface area contributed by atoms with Crippen molar-refractivity contribution in [2.45, 2.75) is 13.5 Å². The monoisotopic (exact) mass is 289 g/mol. The van der Waals surface area contributed by atoms with Crippen LogP contribution in [0.25, 0.3) is 0 Å². The number of benzene rings is 2. The van der Waals surface area contributed by atoms with Gasteiger partial charge < -0.3 is 9.84 Å². The highest BCUT2D eigenvalue weighted by Crippen LogP contribution is 2.20. The van der Waals surface area contributed by atoms with Crippen LogP contribution in [0, 0.1) is 0 Å². The molecule has 0 bridgehead atoms. The number of halogens is 1. The average Bonchev–Trinajstić information content (AvgIpc) is 2.43. The molecule has 0 heterocycles. The Morgan fingerprint density at radius 1 is 1.25 bits per heavy atom. The quantitative estimate of drug-likeness (QED) is 0.843. The standard InChI is InChI=1S/C16H16ClNO2/c1-2-20-15-5-3-4-12(8-15)10-18-11-13-9-14(17)6-7-16(13)19/h3-9,11,19H,2,10H2,1H3. The number of phenols is 1. The Morgan fingerprint density at radius 2 is 2.10 bits per heavy atom. The van der Waals surface area contributed by atoms with Gasteiger partial charge in [0.2, 0.25) is 0 Å². The summed E-state index contributed by atoms with van der Waals surface area (Å²) in [5.41, 5.74) is 1.66. The van der Waals surface area contributed by atoms with Gasteiger partial charge in [-0.3, -0.25) is 4.99 Å². The fourth-order valence-corrected chi connectivity index (χ4v) is 1.96. The Balaban J connectivity index is 2.06. The second-order valence-corrected chi connectivity index (χ2v) is 4.69. The maximum atomic E-state index is 9.68. The van der Waals surface area contributed by atoms with Gasteiger partial charge in [0.05, 0.1) is 13.2 Å². The van der Waals surface area contributed by atoms with Gasteiger partial charge in [-0.2, -0.15) is 0 Å². The molecule has 20 heavy (non-hydrogen) atoms. The zero-order valence-corrected chi connectivity index (χ0v) is 12.0. The fourth-order valence-electron chi connectivity index (χ4n) is 1.78. The molecule has 2 aromatic rings. The van der Waals surface area contributed by atoms with Crippen molar-refractivity contribution in [3.05, 3.63) is 58.6 Å². The molecular weight excluding hydrogens is 274 g/mol. The van der Waals surface area contributed by atoms with E-state index in [4.69, 9.17) is 16.3 Å². The van der Waals surface area contributed by atoms with E-state index in [1.165, 1.54) is 0 Å². The second-order valence-electron chi connectivity index (χ2n) is 4.25. The van der Waals surface area contributed by atoms with E-state index in [2.05, 4.69) is 4.99 Å². The smallest absolute Gasteiger partial charge is 0.124 e. The normalized spacial score (nSPS) is 10.9. The van der Waals surface area contributed by atoms with Crippen LogP contribution < -0.4 is 4.74 Å². The van der Waals surface area contributed by atoms with Crippen LogP contribution >= 0.6 is 11.6 Å². The van der Waals surface area contributed by atoms with Gasteiger partial charge in [0.1, 0.15) is 11.5 Å². The molecule has 2 aromatic carbocycles. The van der Waals surface area contributed by atoms with Gasteiger partial charge in [-0.15, -0.1) is 0 Å². The lowest BCUT2D eigenvalue weighted by atomic mass is 10.2. The van der Waals surface area contributed by atoms with Crippen molar-refractivity contribution < 1.29 is 9.84 Å². The van der Waals surface area contributed by atoms with E-state index in [0.717, 1.165) is 11.3 Å². The summed E-state index contributed by atoms with van der Waals surface area (Å²) >= 11 is 5.88. The van der Waals surface area contributed by atoms with Crippen LogP contribution in [0.15, 0.2) is 47.5 Å². The molecule has 0 amide bonds. The summed E-state index contributed by atoms with van der Waals surface area (Å²) in [5, 5.41) is 10.2. The molecule has 3 nitrogen and oxygen atoms in total. The van der Waals surface area contributed by atoms with Crippen LogP contribution in [0.2, 0.25) is 5.02 Å². The Labute approximate surface area is 123 Å². The van der Waals surface area contributed by atoms with E-state index in [0.29, 0.717) is 23.7 Å². The molecule has 0 fully saturated rings. The zero-order valence-electron chi connectivity index (χ0n) is 11.2. The molecule has 104 valence electrons. The number of rotatable bonds is 5. The Bertz CT molecular complexity index is 611. The van der Waals surface area contributed by atoms with E-state index in [1.807, 2.05) is 31.2 Å². The van der Waals surface area contributed by atoms with Gasteiger partial charge in [0.25, 0.3) is 0 Å². The molecular formula is C16H16ClNO2. The summed E-state index contributed by atoms with van der Waals surface area (Å²) in [7, 11) is 0. The molecule has 0 radical (unpaired) electrons. The van der Waals surface area contributed by atoms with Gasteiger partial charge in [-0.05, 0) is 42.8 Å². The lowest BCUT2D eigenvalue weighted by Crippen LogP contribution is -1.92. The Hall–Kier alpha value is -2.00. The van der Waals surface area contributed by atoms with E-state index in [1.54, 1.807) is 24.4 Å². The van der Waals surface area contributed by atoms with E-state index >= 15 is 0 Å². The molecule has 0 saturated carbocycles. The number of ether oxygens (including phenoxy) is 1. The molecule has 0 unspecified atom stereocenters. The van der Waals surface area contributed by atoms with Crippen LogP contribution in [0.3, 0.4) is 0 Å². The number of hydrogen-bond donors (Lipinski definition) is 1. The molecule has 0 aliphatic rings. The number of aromatic hydroxyl groups is 1. The van der Waals surface area contributed by atoms with Crippen molar-refractivity contribution in [2.24, 2.45) is 4.99 Å². The van der Waals surface area contributed by atoms with Crippen LogP contribution in [-0.4, -0.2) is 17.9 Å². The number of hydrogen-bond acceptors (Lipinski definition) is 3. The van der Waals surface area contributed by atoms with Crippen LogP contribution in [-0.2, 0) is 6.54 Å².